The first-order valence-electron chi connectivity index (χ1n) is 11.2. The number of aryl methyl sites for hydroxylation is 2. The van der Waals surface area contributed by atoms with Crippen molar-refractivity contribution in [2.45, 2.75) is 57.8 Å². The Kier molecular flexibility index (Phi) is 8.10. The van der Waals surface area contributed by atoms with E-state index in [-0.39, 0.29) is 6.61 Å². The van der Waals surface area contributed by atoms with Gasteiger partial charge in [-0.3, -0.25) is 0 Å². The van der Waals surface area contributed by atoms with E-state index in [1.54, 1.807) is 18.3 Å². The second-order valence-corrected chi connectivity index (χ2v) is 10.3. The highest BCUT2D eigenvalue weighted by molar-refractivity contribution is 7.90. The summed E-state index contributed by atoms with van der Waals surface area (Å²) in [6, 6.07) is 14.7. The van der Waals surface area contributed by atoms with Gasteiger partial charge in [-0.25, -0.2) is 12.4 Å². The van der Waals surface area contributed by atoms with Crippen molar-refractivity contribution in [3.8, 4) is 0 Å². The second-order valence-electron chi connectivity index (χ2n) is 8.44. The molecular formula is C27H33NO3S. The van der Waals surface area contributed by atoms with Gasteiger partial charge in [0.15, 0.2) is 0 Å². The molecule has 1 heterocycles. The van der Waals surface area contributed by atoms with Crippen LogP contribution in [0.4, 0.5) is 0 Å². The van der Waals surface area contributed by atoms with Crippen LogP contribution in [-0.4, -0.2) is 24.1 Å². The fourth-order valence-electron chi connectivity index (χ4n) is 3.84. The average molecular weight is 452 g/mol. The van der Waals surface area contributed by atoms with Gasteiger partial charge in [-0.1, -0.05) is 59.2 Å². The third kappa shape index (κ3) is 5.78. The highest BCUT2D eigenvalue weighted by atomic mass is 32.2. The number of aromatic nitrogens is 1. The largest absolute Gasteiger partial charge is 0.396 e. The van der Waals surface area contributed by atoms with E-state index in [1.165, 1.54) is 15.1 Å². The van der Waals surface area contributed by atoms with E-state index in [1.807, 2.05) is 43.3 Å². The molecule has 4 nitrogen and oxygen atoms in total. The number of aliphatic hydroxyl groups is 1. The molecule has 0 aliphatic heterocycles. The summed E-state index contributed by atoms with van der Waals surface area (Å²) in [6.45, 7) is 6.34. The highest BCUT2D eigenvalue weighted by Crippen LogP contribution is 2.27. The molecule has 1 aromatic heterocycles. The van der Waals surface area contributed by atoms with Gasteiger partial charge in [-0.15, -0.1) is 0 Å². The van der Waals surface area contributed by atoms with Crippen LogP contribution in [-0.2, 0) is 16.4 Å². The first kappa shape index (κ1) is 24.0. The molecule has 0 radical (unpaired) electrons. The minimum Gasteiger partial charge on any atom is -0.396 e. The van der Waals surface area contributed by atoms with Gasteiger partial charge in [0.05, 0.1) is 10.4 Å². The molecule has 5 heteroatoms. The molecule has 0 bridgehead atoms. The van der Waals surface area contributed by atoms with Gasteiger partial charge in [0.25, 0.3) is 10.0 Å². The molecule has 1 N–H and O–H groups in total. The maximum Gasteiger partial charge on any atom is 0.268 e. The Bertz CT molecular complexity index is 1220. The zero-order chi connectivity index (χ0) is 23.1. The SMILES string of the molecule is C/C(=C\CC/C(C)=C/CCc1cn(S(=O)(=O)c2ccc(C)cc2)c2ccccc12)CCO. The minimum atomic E-state index is -3.65. The Hall–Kier alpha value is -2.63. The van der Waals surface area contributed by atoms with Crippen molar-refractivity contribution in [2.75, 3.05) is 6.61 Å². The van der Waals surface area contributed by atoms with Crippen molar-refractivity contribution in [2.24, 2.45) is 0 Å². The number of hydrogen-bond acceptors (Lipinski definition) is 3. The highest BCUT2D eigenvalue weighted by Gasteiger charge is 2.20. The summed E-state index contributed by atoms with van der Waals surface area (Å²) < 4.78 is 28.0. The van der Waals surface area contributed by atoms with Crippen LogP contribution in [0.2, 0.25) is 0 Å². The maximum atomic E-state index is 13.3. The zero-order valence-electron chi connectivity index (χ0n) is 19.2. The van der Waals surface area contributed by atoms with E-state index in [4.69, 9.17) is 5.11 Å². The molecule has 0 saturated carbocycles. The minimum absolute atomic E-state index is 0.199. The van der Waals surface area contributed by atoms with E-state index in [0.29, 0.717) is 10.4 Å². The number of allylic oxidation sites excluding steroid dienone is 3. The molecule has 0 spiro atoms. The van der Waals surface area contributed by atoms with E-state index < -0.39 is 10.0 Å². The molecule has 2 aromatic carbocycles. The lowest BCUT2D eigenvalue weighted by Crippen LogP contribution is -2.11. The quantitative estimate of drug-likeness (QED) is 0.375. The second kappa shape index (κ2) is 10.8. The van der Waals surface area contributed by atoms with Crippen LogP contribution in [0.25, 0.3) is 10.9 Å². The molecular weight excluding hydrogens is 418 g/mol. The van der Waals surface area contributed by atoms with Gasteiger partial charge >= 0.3 is 0 Å². The molecule has 3 rings (SSSR count). The van der Waals surface area contributed by atoms with E-state index >= 15 is 0 Å². The number of rotatable bonds is 10. The fourth-order valence-corrected chi connectivity index (χ4v) is 5.23. The Morgan fingerprint density at radius 1 is 0.938 bits per heavy atom. The lowest BCUT2D eigenvalue weighted by atomic mass is 10.0. The first-order chi connectivity index (χ1) is 15.3. The van der Waals surface area contributed by atoms with Crippen LogP contribution >= 0.6 is 0 Å². The molecule has 0 unspecified atom stereocenters. The lowest BCUT2D eigenvalue weighted by Gasteiger charge is -2.07. The number of aliphatic hydroxyl groups excluding tert-OH is 1. The molecule has 32 heavy (non-hydrogen) atoms. The predicted molar refractivity (Wildman–Crippen MR) is 132 cm³/mol. The first-order valence-corrected chi connectivity index (χ1v) is 12.6. The summed E-state index contributed by atoms with van der Waals surface area (Å²) in [7, 11) is -3.65. The average Bonchev–Trinajstić information content (AvgIpc) is 3.14. The molecule has 3 aromatic rings. The number of benzene rings is 2. The number of fused-ring (bicyclic) bond motifs is 1. The van der Waals surface area contributed by atoms with E-state index in [0.717, 1.165) is 48.6 Å². The number of nitrogens with zero attached hydrogens (tertiary/aromatic N) is 1. The normalized spacial score (nSPS) is 13.1. The van der Waals surface area contributed by atoms with Crippen molar-refractivity contribution >= 4 is 20.9 Å². The van der Waals surface area contributed by atoms with Crippen LogP contribution < -0.4 is 0 Å². The van der Waals surface area contributed by atoms with Gasteiger partial charge in [0, 0.05) is 18.2 Å². The third-order valence-corrected chi connectivity index (χ3v) is 7.47. The summed E-state index contributed by atoms with van der Waals surface area (Å²) in [5.74, 6) is 0. The lowest BCUT2D eigenvalue weighted by molar-refractivity contribution is 0.299. The van der Waals surface area contributed by atoms with Crippen molar-refractivity contribution in [3.05, 3.63) is 89.2 Å². The van der Waals surface area contributed by atoms with Gasteiger partial charge < -0.3 is 5.11 Å². The predicted octanol–water partition coefficient (Wildman–Crippen LogP) is 6.17. The monoisotopic (exact) mass is 451 g/mol. The standard InChI is InChI=1S/C27H33NO3S/c1-21(8-6-9-22(2)18-19-29)10-7-11-24-20-28(27-13-5-4-12-26(24)27)32(30,31)25-16-14-23(3)15-17-25/h4-5,9-10,12-17,20,29H,6-8,11,18-19H2,1-3H3/b21-10+,22-9+. The van der Waals surface area contributed by atoms with Crippen LogP contribution in [0.15, 0.2) is 82.9 Å². The van der Waals surface area contributed by atoms with Crippen LogP contribution in [0.3, 0.4) is 0 Å². The Morgan fingerprint density at radius 2 is 1.59 bits per heavy atom. The number of hydrogen-bond donors (Lipinski definition) is 1. The molecule has 0 atom stereocenters. The summed E-state index contributed by atoms with van der Waals surface area (Å²) in [5, 5.41) is 9.96. The molecule has 0 saturated heterocycles. The Morgan fingerprint density at radius 3 is 2.31 bits per heavy atom. The molecule has 0 amide bonds. The van der Waals surface area contributed by atoms with Gasteiger partial charge in [0.1, 0.15) is 0 Å². The summed E-state index contributed by atoms with van der Waals surface area (Å²) in [6.07, 6.45) is 10.6. The van der Waals surface area contributed by atoms with Crippen LogP contribution in [0.5, 0.6) is 0 Å². The summed E-state index contributed by atoms with van der Waals surface area (Å²) in [4.78, 5) is 0.302. The van der Waals surface area contributed by atoms with Crippen LogP contribution in [0, 0.1) is 6.92 Å². The van der Waals surface area contributed by atoms with Crippen LogP contribution in [0.1, 0.15) is 50.7 Å². The van der Waals surface area contributed by atoms with Gasteiger partial charge in [-0.2, -0.15) is 0 Å². The topological polar surface area (TPSA) is 59.3 Å². The van der Waals surface area contributed by atoms with Crippen molar-refractivity contribution in [1.29, 1.82) is 0 Å². The summed E-state index contributed by atoms with van der Waals surface area (Å²) >= 11 is 0. The van der Waals surface area contributed by atoms with Gasteiger partial charge in [-0.05, 0) is 76.6 Å². The van der Waals surface area contributed by atoms with E-state index in [9.17, 15) is 8.42 Å². The van der Waals surface area contributed by atoms with Gasteiger partial charge in [0.2, 0.25) is 0 Å². The molecule has 0 aliphatic rings. The van der Waals surface area contributed by atoms with Crippen molar-refractivity contribution in [1.82, 2.24) is 3.97 Å². The summed E-state index contributed by atoms with van der Waals surface area (Å²) in [5.41, 5.74) is 5.34. The van der Waals surface area contributed by atoms with E-state index in [2.05, 4.69) is 26.0 Å². The molecule has 170 valence electrons. The smallest absolute Gasteiger partial charge is 0.268 e. The van der Waals surface area contributed by atoms with Crippen molar-refractivity contribution < 1.29 is 13.5 Å². The fraction of sp³-hybridized carbons (Fsp3) is 0.333. The maximum absolute atomic E-state index is 13.3. The van der Waals surface area contributed by atoms with Crippen molar-refractivity contribution in [3.63, 3.8) is 0 Å². The third-order valence-electron chi connectivity index (χ3n) is 5.78. The zero-order valence-corrected chi connectivity index (χ0v) is 20.0. The molecule has 0 fully saturated rings. The Balaban J connectivity index is 1.78. The Labute approximate surface area is 192 Å². The number of para-hydroxylation sites is 1. The molecule has 0 aliphatic carbocycles.